The zero-order valence-corrected chi connectivity index (χ0v) is 11.9. The molecule has 1 fully saturated rings. The molecule has 1 aliphatic carbocycles. The Bertz CT molecular complexity index is 313. The van der Waals surface area contributed by atoms with Gasteiger partial charge in [-0.2, -0.15) is 0 Å². The molecule has 1 saturated carbocycles. The van der Waals surface area contributed by atoms with Crippen molar-refractivity contribution in [3.63, 3.8) is 0 Å². The smallest absolute Gasteiger partial charge is 0.215 e. The van der Waals surface area contributed by atoms with E-state index in [1.165, 1.54) is 12.8 Å². The molecule has 102 valence electrons. The molecule has 17 heavy (non-hydrogen) atoms. The van der Waals surface area contributed by atoms with Gasteiger partial charge in [-0.25, -0.2) is 13.1 Å². The summed E-state index contributed by atoms with van der Waals surface area (Å²) in [5.41, 5.74) is 0. The van der Waals surface area contributed by atoms with E-state index in [0.717, 1.165) is 13.0 Å². The average Bonchev–Trinajstić information content (AvgIpc) is 3.04. The van der Waals surface area contributed by atoms with Gasteiger partial charge in [-0.1, -0.05) is 0 Å². The molecule has 5 nitrogen and oxygen atoms in total. The molecule has 0 spiro atoms. The molecule has 0 amide bonds. The lowest BCUT2D eigenvalue weighted by Crippen LogP contribution is -2.40. The van der Waals surface area contributed by atoms with Gasteiger partial charge in [0.05, 0.1) is 5.25 Å². The van der Waals surface area contributed by atoms with Gasteiger partial charge in [0.25, 0.3) is 0 Å². The predicted molar refractivity (Wildman–Crippen MR) is 70.6 cm³/mol. The molecule has 1 rings (SSSR count). The molecule has 0 heterocycles. The monoisotopic (exact) mass is 263 g/mol. The zero-order chi connectivity index (χ0) is 12.9. The summed E-state index contributed by atoms with van der Waals surface area (Å²) in [6.45, 7) is 3.73. The summed E-state index contributed by atoms with van der Waals surface area (Å²) in [4.78, 5) is 2.05. The van der Waals surface area contributed by atoms with Gasteiger partial charge in [0, 0.05) is 19.1 Å². The van der Waals surface area contributed by atoms with Crippen LogP contribution in [0.4, 0.5) is 0 Å². The summed E-state index contributed by atoms with van der Waals surface area (Å²) in [6.07, 6.45) is 3.21. The third-order valence-electron chi connectivity index (χ3n) is 2.89. The van der Waals surface area contributed by atoms with Crippen molar-refractivity contribution in [2.45, 2.75) is 37.5 Å². The fraction of sp³-hybridized carbons (Fsp3) is 1.00. The first-order valence-electron chi connectivity index (χ1n) is 6.28. The summed E-state index contributed by atoms with van der Waals surface area (Å²) < 4.78 is 26.4. The maximum Gasteiger partial charge on any atom is 0.215 e. The Labute approximate surface area is 105 Å². The lowest BCUT2D eigenvalue weighted by molar-refractivity contribution is 0.399. The molecule has 1 unspecified atom stereocenters. The highest BCUT2D eigenvalue weighted by molar-refractivity contribution is 7.90. The third kappa shape index (κ3) is 6.35. The Kier molecular flexibility index (Phi) is 5.85. The van der Waals surface area contributed by atoms with E-state index in [-0.39, 0.29) is 5.25 Å². The van der Waals surface area contributed by atoms with Crippen molar-refractivity contribution in [1.82, 2.24) is 14.9 Å². The summed E-state index contributed by atoms with van der Waals surface area (Å²) in [6, 6.07) is 0.557. The molecule has 0 aromatic heterocycles. The highest BCUT2D eigenvalue weighted by Crippen LogP contribution is 2.18. The summed E-state index contributed by atoms with van der Waals surface area (Å²) in [7, 11) is 0.809. The largest absolute Gasteiger partial charge is 0.313 e. The van der Waals surface area contributed by atoms with Gasteiger partial charge in [-0.05, 0) is 46.8 Å². The van der Waals surface area contributed by atoms with Gasteiger partial charge < -0.3 is 10.2 Å². The SMILES string of the molecule is CC(CNC1CC1)S(=O)(=O)NCCCN(C)C. The minimum Gasteiger partial charge on any atom is -0.313 e. The van der Waals surface area contributed by atoms with Gasteiger partial charge in [0.1, 0.15) is 0 Å². The fourth-order valence-corrected chi connectivity index (χ4v) is 2.51. The van der Waals surface area contributed by atoms with E-state index < -0.39 is 10.0 Å². The third-order valence-corrected chi connectivity index (χ3v) is 4.72. The molecule has 2 N–H and O–H groups in total. The van der Waals surface area contributed by atoms with Crippen molar-refractivity contribution in [2.24, 2.45) is 0 Å². The van der Waals surface area contributed by atoms with E-state index in [1.807, 2.05) is 19.0 Å². The van der Waals surface area contributed by atoms with Crippen LogP contribution in [-0.4, -0.2) is 58.3 Å². The van der Waals surface area contributed by atoms with E-state index in [9.17, 15) is 8.42 Å². The summed E-state index contributed by atoms with van der Waals surface area (Å²) >= 11 is 0. The Morgan fingerprint density at radius 1 is 1.35 bits per heavy atom. The van der Waals surface area contributed by atoms with E-state index in [4.69, 9.17) is 0 Å². The Morgan fingerprint density at radius 2 is 2.00 bits per heavy atom. The number of hydrogen-bond donors (Lipinski definition) is 2. The quantitative estimate of drug-likeness (QED) is 0.575. The van der Waals surface area contributed by atoms with E-state index in [0.29, 0.717) is 19.1 Å². The summed E-state index contributed by atoms with van der Waals surface area (Å²) in [5.74, 6) is 0. The van der Waals surface area contributed by atoms with Crippen LogP contribution < -0.4 is 10.0 Å². The second-order valence-electron chi connectivity index (χ2n) is 5.09. The van der Waals surface area contributed by atoms with Gasteiger partial charge in [0.2, 0.25) is 10.0 Å². The molecular formula is C11H25N3O2S. The first-order valence-corrected chi connectivity index (χ1v) is 7.83. The minimum atomic E-state index is -3.16. The molecule has 0 saturated heterocycles. The number of nitrogens with one attached hydrogen (secondary N) is 2. The Hall–Kier alpha value is -0.170. The molecule has 1 atom stereocenters. The van der Waals surface area contributed by atoms with E-state index in [1.54, 1.807) is 6.92 Å². The molecule has 0 aliphatic heterocycles. The van der Waals surface area contributed by atoms with Crippen LogP contribution in [0, 0.1) is 0 Å². The fourth-order valence-electron chi connectivity index (χ4n) is 1.48. The lowest BCUT2D eigenvalue weighted by Gasteiger charge is -2.15. The maximum absolute atomic E-state index is 11.8. The second kappa shape index (κ2) is 6.68. The van der Waals surface area contributed by atoms with Crippen LogP contribution >= 0.6 is 0 Å². The Morgan fingerprint density at radius 3 is 2.53 bits per heavy atom. The van der Waals surface area contributed by atoms with Gasteiger partial charge in [0.15, 0.2) is 0 Å². The standard InChI is InChI=1S/C11H25N3O2S/c1-10(9-12-11-5-6-11)17(15,16)13-7-4-8-14(2)3/h10-13H,4-9H2,1-3H3. The average molecular weight is 263 g/mol. The van der Waals surface area contributed by atoms with Crippen LogP contribution in [0.3, 0.4) is 0 Å². The van der Waals surface area contributed by atoms with Crippen LogP contribution in [0.1, 0.15) is 26.2 Å². The van der Waals surface area contributed by atoms with Crippen molar-refractivity contribution in [2.75, 3.05) is 33.7 Å². The van der Waals surface area contributed by atoms with Crippen molar-refractivity contribution < 1.29 is 8.42 Å². The van der Waals surface area contributed by atoms with E-state index >= 15 is 0 Å². The van der Waals surface area contributed by atoms with Crippen LogP contribution in [0.25, 0.3) is 0 Å². The zero-order valence-electron chi connectivity index (χ0n) is 11.1. The number of rotatable bonds is 9. The molecule has 0 radical (unpaired) electrons. The normalized spacial score (nSPS) is 18.6. The minimum absolute atomic E-state index is 0.359. The highest BCUT2D eigenvalue weighted by atomic mass is 32.2. The van der Waals surface area contributed by atoms with Crippen molar-refractivity contribution in [3.8, 4) is 0 Å². The van der Waals surface area contributed by atoms with Crippen LogP contribution in [-0.2, 0) is 10.0 Å². The summed E-state index contributed by atoms with van der Waals surface area (Å²) in [5, 5.41) is 2.88. The van der Waals surface area contributed by atoms with Crippen molar-refractivity contribution in [1.29, 1.82) is 0 Å². The van der Waals surface area contributed by atoms with Crippen LogP contribution in [0.15, 0.2) is 0 Å². The van der Waals surface area contributed by atoms with Gasteiger partial charge in [-0.3, -0.25) is 0 Å². The molecule has 1 aliphatic rings. The first-order chi connectivity index (χ1) is 7.92. The Balaban J connectivity index is 2.18. The maximum atomic E-state index is 11.8. The van der Waals surface area contributed by atoms with Gasteiger partial charge >= 0.3 is 0 Å². The molecule has 0 aromatic carbocycles. The molecular weight excluding hydrogens is 238 g/mol. The van der Waals surface area contributed by atoms with Crippen molar-refractivity contribution >= 4 is 10.0 Å². The topological polar surface area (TPSA) is 61.4 Å². The number of nitrogens with zero attached hydrogens (tertiary/aromatic N) is 1. The first kappa shape index (κ1) is 14.9. The van der Waals surface area contributed by atoms with Crippen LogP contribution in [0.5, 0.6) is 0 Å². The molecule has 0 aromatic rings. The number of hydrogen-bond acceptors (Lipinski definition) is 4. The molecule has 0 bridgehead atoms. The second-order valence-corrected chi connectivity index (χ2v) is 7.27. The lowest BCUT2D eigenvalue weighted by atomic mass is 10.4. The molecule has 6 heteroatoms. The van der Waals surface area contributed by atoms with Gasteiger partial charge in [-0.15, -0.1) is 0 Å². The predicted octanol–water partition coefficient (Wildman–Crippen LogP) is -0.00200. The van der Waals surface area contributed by atoms with Crippen LogP contribution in [0.2, 0.25) is 0 Å². The number of sulfonamides is 1. The highest BCUT2D eigenvalue weighted by Gasteiger charge is 2.25. The van der Waals surface area contributed by atoms with E-state index in [2.05, 4.69) is 10.0 Å². The van der Waals surface area contributed by atoms with Crippen molar-refractivity contribution in [3.05, 3.63) is 0 Å².